The number of benzene rings is 1. The van der Waals surface area contributed by atoms with Gasteiger partial charge in [0.25, 0.3) is 0 Å². The molecule has 19 heavy (non-hydrogen) atoms. The van der Waals surface area contributed by atoms with Gasteiger partial charge in [-0.1, -0.05) is 24.1 Å². The first kappa shape index (κ1) is 14.6. The second kappa shape index (κ2) is 7.13. The fourth-order valence-corrected chi connectivity index (χ4v) is 2.62. The summed E-state index contributed by atoms with van der Waals surface area (Å²) >= 11 is 6.00. The van der Waals surface area contributed by atoms with Gasteiger partial charge in [-0.05, 0) is 38.0 Å². The fourth-order valence-electron chi connectivity index (χ4n) is 2.44. The Labute approximate surface area is 120 Å². The Morgan fingerprint density at radius 3 is 2.58 bits per heavy atom. The maximum absolute atomic E-state index is 6.10. The Bertz CT molecular complexity index is 393. The number of hydrogen-bond acceptors (Lipinski definition) is 3. The molecule has 0 aliphatic carbocycles. The Balaban J connectivity index is 2.08. The standard InChI is InChI=1S/C15H22ClNO2/c1-12(18-2)15(17-9-4-3-5-10-17)19-14-8-6-7-13(16)11-14/h6-8,11-12,15H,3-5,9-10H2,1-2H3. The van der Waals surface area contributed by atoms with Crippen LogP contribution in [0.3, 0.4) is 0 Å². The lowest BCUT2D eigenvalue weighted by Crippen LogP contribution is -2.49. The molecule has 106 valence electrons. The number of piperidine rings is 1. The normalized spacial score (nSPS) is 19.9. The molecule has 1 aliphatic heterocycles. The van der Waals surface area contributed by atoms with Crippen LogP contribution in [0.25, 0.3) is 0 Å². The lowest BCUT2D eigenvalue weighted by atomic mass is 10.1. The highest BCUT2D eigenvalue weighted by Crippen LogP contribution is 2.23. The quantitative estimate of drug-likeness (QED) is 0.825. The molecular formula is C15H22ClNO2. The first-order valence-electron chi connectivity index (χ1n) is 6.90. The summed E-state index contributed by atoms with van der Waals surface area (Å²) in [7, 11) is 1.73. The van der Waals surface area contributed by atoms with E-state index in [2.05, 4.69) is 4.90 Å². The highest BCUT2D eigenvalue weighted by atomic mass is 35.5. The summed E-state index contributed by atoms with van der Waals surface area (Å²) in [6, 6.07) is 7.54. The Kier molecular flexibility index (Phi) is 5.49. The van der Waals surface area contributed by atoms with Gasteiger partial charge in [0, 0.05) is 25.2 Å². The number of methoxy groups -OCH3 is 1. The van der Waals surface area contributed by atoms with Crippen LogP contribution in [0, 0.1) is 0 Å². The van der Waals surface area contributed by atoms with E-state index in [4.69, 9.17) is 21.1 Å². The largest absolute Gasteiger partial charge is 0.472 e. The van der Waals surface area contributed by atoms with Crippen molar-refractivity contribution in [1.82, 2.24) is 4.90 Å². The number of ether oxygens (including phenoxy) is 2. The lowest BCUT2D eigenvalue weighted by Gasteiger charge is -2.37. The highest BCUT2D eigenvalue weighted by Gasteiger charge is 2.27. The topological polar surface area (TPSA) is 21.7 Å². The summed E-state index contributed by atoms with van der Waals surface area (Å²) in [6.45, 7) is 4.18. The molecule has 2 atom stereocenters. The third-order valence-electron chi connectivity index (χ3n) is 3.58. The van der Waals surface area contributed by atoms with Gasteiger partial charge in [-0.2, -0.15) is 0 Å². The van der Waals surface area contributed by atoms with E-state index in [-0.39, 0.29) is 12.3 Å². The third kappa shape index (κ3) is 4.10. The monoisotopic (exact) mass is 283 g/mol. The van der Waals surface area contributed by atoms with E-state index in [1.165, 1.54) is 19.3 Å². The van der Waals surface area contributed by atoms with Crippen LogP contribution in [0.15, 0.2) is 24.3 Å². The summed E-state index contributed by atoms with van der Waals surface area (Å²) in [5.74, 6) is 0.798. The molecule has 0 bridgehead atoms. The molecule has 0 aromatic heterocycles. The molecule has 1 aromatic carbocycles. The summed E-state index contributed by atoms with van der Waals surface area (Å²) in [6.07, 6.45) is 3.74. The van der Waals surface area contributed by atoms with Crippen LogP contribution in [0.1, 0.15) is 26.2 Å². The molecule has 0 spiro atoms. The van der Waals surface area contributed by atoms with Gasteiger partial charge in [-0.25, -0.2) is 0 Å². The van der Waals surface area contributed by atoms with E-state index < -0.39 is 0 Å². The predicted octanol–water partition coefficient (Wildman–Crippen LogP) is 3.57. The average molecular weight is 284 g/mol. The highest BCUT2D eigenvalue weighted by molar-refractivity contribution is 6.30. The van der Waals surface area contributed by atoms with Gasteiger partial charge in [0.05, 0.1) is 0 Å². The van der Waals surface area contributed by atoms with Crippen LogP contribution < -0.4 is 4.74 Å². The summed E-state index contributed by atoms with van der Waals surface area (Å²) in [5.41, 5.74) is 0. The summed E-state index contributed by atoms with van der Waals surface area (Å²) in [4.78, 5) is 2.36. The van der Waals surface area contributed by atoms with E-state index in [9.17, 15) is 0 Å². The lowest BCUT2D eigenvalue weighted by molar-refractivity contribution is -0.0808. The number of nitrogens with zero attached hydrogens (tertiary/aromatic N) is 1. The molecule has 1 fully saturated rings. The smallest absolute Gasteiger partial charge is 0.178 e. The van der Waals surface area contributed by atoms with Gasteiger partial charge in [0.2, 0.25) is 0 Å². The van der Waals surface area contributed by atoms with Gasteiger partial charge in [0.1, 0.15) is 11.9 Å². The van der Waals surface area contributed by atoms with E-state index in [1.54, 1.807) is 7.11 Å². The van der Waals surface area contributed by atoms with Gasteiger partial charge in [0.15, 0.2) is 6.23 Å². The van der Waals surface area contributed by atoms with Crippen LogP contribution in [-0.2, 0) is 4.74 Å². The van der Waals surface area contributed by atoms with Gasteiger partial charge in [-0.3, -0.25) is 4.90 Å². The Morgan fingerprint density at radius 2 is 1.95 bits per heavy atom. The number of halogens is 1. The Morgan fingerprint density at radius 1 is 1.21 bits per heavy atom. The van der Waals surface area contributed by atoms with Crippen LogP contribution in [-0.4, -0.2) is 37.4 Å². The van der Waals surface area contributed by atoms with Crippen molar-refractivity contribution in [2.75, 3.05) is 20.2 Å². The number of likely N-dealkylation sites (tertiary alicyclic amines) is 1. The first-order chi connectivity index (χ1) is 9.20. The van der Waals surface area contributed by atoms with Crippen molar-refractivity contribution in [2.45, 2.75) is 38.5 Å². The molecule has 4 heteroatoms. The first-order valence-corrected chi connectivity index (χ1v) is 7.27. The van der Waals surface area contributed by atoms with Crippen molar-refractivity contribution in [3.8, 4) is 5.75 Å². The predicted molar refractivity (Wildman–Crippen MR) is 77.8 cm³/mol. The van der Waals surface area contributed by atoms with Gasteiger partial charge < -0.3 is 9.47 Å². The van der Waals surface area contributed by atoms with Crippen molar-refractivity contribution in [2.24, 2.45) is 0 Å². The van der Waals surface area contributed by atoms with Crippen molar-refractivity contribution in [3.63, 3.8) is 0 Å². The van der Waals surface area contributed by atoms with Crippen molar-refractivity contribution in [1.29, 1.82) is 0 Å². The number of hydrogen-bond donors (Lipinski definition) is 0. The van der Waals surface area contributed by atoms with Crippen LogP contribution >= 0.6 is 11.6 Å². The van der Waals surface area contributed by atoms with Crippen molar-refractivity contribution >= 4 is 11.6 Å². The molecule has 1 heterocycles. The average Bonchev–Trinajstić information content (AvgIpc) is 2.45. The van der Waals surface area contributed by atoms with E-state index in [0.717, 1.165) is 18.8 Å². The molecular weight excluding hydrogens is 262 g/mol. The zero-order valence-corrected chi connectivity index (χ0v) is 12.4. The molecule has 1 saturated heterocycles. The van der Waals surface area contributed by atoms with Crippen LogP contribution in [0.2, 0.25) is 5.02 Å². The van der Waals surface area contributed by atoms with Gasteiger partial charge in [-0.15, -0.1) is 0 Å². The second-order valence-electron chi connectivity index (χ2n) is 5.00. The minimum Gasteiger partial charge on any atom is -0.472 e. The minimum absolute atomic E-state index is 0.0251. The number of rotatable bonds is 5. The van der Waals surface area contributed by atoms with E-state index >= 15 is 0 Å². The molecule has 0 saturated carbocycles. The zero-order chi connectivity index (χ0) is 13.7. The molecule has 3 nitrogen and oxygen atoms in total. The second-order valence-corrected chi connectivity index (χ2v) is 5.44. The fraction of sp³-hybridized carbons (Fsp3) is 0.600. The molecule has 0 amide bonds. The Hall–Kier alpha value is -0.770. The van der Waals surface area contributed by atoms with Crippen LogP contribution in [0.4, 0.5) is 0 Å². The summed E-state index contributed by atoms with van der Waals surface area (Å²) in [5, 5.41) is 0.694. The molecule has 0 radical (unpaired) electrons. The van der Waals surface area contributed by atoms with Crippen molar-refractivity contribution < 1.29 is 9.47 Å². The van der Waals surface area contributed by atoms with Crippen LogP contribution in [0.5, 0.6) is 5.75 Å². The SMILES string of the molecule is COC(C)C(Oc1cccc(Cl)c1)N1CCCCC1. The maximum Gasteiger partial charge on any atom is 0.178 e. The molecule has 0 N–H and O–H groups in total. The zero-order valence-electron chi connectivity index (χ0n) is 11.6. The molecule has 1 aromatic rings. The minimum atomic E-state index is -0.0521. The van der Waals surface area contributed by atoms with E-state index in [1.807, 2.05) is 31.2 Å². The maximum atomic E-state index is 6.10. The summed E-state index contributed by atoms with van der Waals surface area (Å²) < 4.78 is 11.6. The molecule has 1 aliphatic rings. The van der Waals surface area contributed by atoms with Crippen molar-refractivity contribution in [3.05, 3.63) is 29.3 Å². The molecule has 2 unspecified atom stereocenters. The van der Waals surface area contributed by atoms with E-state index in [0.29, 0.717) is 5.02 Å². The third-order valence-corrected chi connectivity index (χ3v) is 3.81. The molecule has 2 rings (SSSR count). The van der Waals surface area contributed by atoms with Gasteiger partial charge >= 0.3 is 0 Å².